The Morgan fingerprint density at radius 3 is 2.68 bits per heavy atom. The van der Waals surface area contributed by atoms with Gasteiger partial charge in [-0.1, -0.05) is 6.92 Å². The Balaban J connectivity index is 1.39. The summed E-state index contributed by atoms with van der Waals surface area (Å²) >= 11 is 0. The molecule has 5 aliphatic heterocycles. The van der Waals surface area contributed by atoms with E-state index >= 15 is 0 Å². The Bertz CT molecular complexity index is 1750. The fourth-order valence-electron chi connectivity index (χ4n) is 9.59. The Hall–Kier alpha value is -4.01. The number of carbonyl (C=O) groups is 2. The molecule has 6 aliphatic rings. The van der Waals surface area contributed by atoms with Crippen molar-refractivity contribution in [1.82, 2.24) is 15.1 Å². The predicted molar refractivity (Wildman–Crippen MR) is 156 cm³/mol. The Morgan fingerprint density at radius 2 is 2.00 bits per heavy atom. The molecule has 230 valence electrons. The summed E-state index contributed by atoms with van der Waals surface area (Å²) in [6.45, 7) is 9.38. The first-order chi connectivity index (χ1) is 21.0. The number of amides is 1. The van der Waals surface area contributed by atoms with Crippen LogP contribution < -0.4 is 24.3 Å². The van der Waals surface area contributed by atoms with Crippen LogP contribution in [0.1, 0.15) is 79.5 Å². The molecule has 1 aliphatic carbocycles. The normalized spacial score (nSPS) is 34.0. The van der Waals surface area contributed by atoms with Gasteiger partial charge in [0, 0.05) is 48.2 Å². The van der Waals surface area contributed by atoms with Gasteiger partial charge >= 0.3 is 5.97 Å². The summed E-state index contributed by atoms with van der Waals surface area (Å²) in [5.74, 6) is 1.54. The zero-order valence-corrected chi connectivity index (χ0v) is 25.8. The summed E-state index contributed by atoms with van der Waals surface area (Å²) in [5, 5.41) is 25.8. The number of nitrogens with one attached hydrogen (secondary N) is 1. The molecule has 5 heterocycles. The van der Waals surface area contributed by atoms with Crippen molar-refractivity contribution in [3.63, 3.8) is 0 Å². The molecule has 11 nitrogen and oxygen atoms in total. The third-order valence-electron chi connectivity index (χ3n) is 11.2. The van der Waals surface area contributed by atoms with Gasteiger partial charge in [0.2, 0.25) is 12.7 Å². The monoisotopic (exact) mass is 600 g/mol. The molecule has 0 radical (unpaired) electrons. The molecule has 2 N–H and O–H groups in total. The van der Waals surface area contributed by atoms with Crippen molar-refractivity contribution in [2.45, 2.75) is 95.0 Å². The second-order valence-corrected chi connectivity index (χ2v) is 13.3. The van der Waals surface area contributed by atoms with Crippen molar-refractivity contribution in [3.8, 4) is 34.8 Å². The SMILES string of the molecule is CCCC(=O)NCC1(C)c2c(c(OC(C)=O)c(C)c3c2OCO3)CC2C3c4c(cc(C)c(OC)c4O)C45CC4([C@H](C#N)N21)N35. The minimum Gasteiger partial charge on any atom is -0.504 e. The van der Waals surface area contributed by atoms with Gasteiger partial charge in [-0.15, -0.1) is 0 Å². The van der Waals surface area contributed by atoms with Crippen LogP contribution in [0.5, 0.6) is 28.7 Å². The zero-order chi connectivity index (χ0) is 31.1. The maximum Gasteiger partial charge on any atom is 0.308 e. The molecule has 2 spiro atoms. The van der Waals surface area contributed by atoms with Crippen molar-refractivity contribution in [2.75, 3.05) is 20.4 Å². The highest BCUT2D eigenvalue weighted by Crippen LogP contribution is 2.90. The molecular formula is C33H36N4O7. The maximum absolute atomic E-state index is 13.0. The van der Waals surface area contributed by atoms with Crippen LogP contribution in [0.4, 0.5) is 0 Å². The summed E-state index contributed by atoms with van der Waals surface area (Å²) < 4.78 is 23.6. The van der Waals surface area contributed by atoms with E-state index in [0.29, 0.717) is 47.8 Å². The number of fused-ring (bicyclic) bond motifs is 7. The molecule has 1 amide bonds. The minimum atomic E-state index is -0.944. The van der Waals surface area contributed by atoms with E-state index < -0.39 is 17.6 Å². The summed E-state index contributed by atoms with van der Waals surface area (Å²) in [6.07, 6.45) is 2.32. The van der Waals surface area contributed by atoms with E-state index in [1.165, 1.54) is 6.92 Å². The van der Waals surface area contributed by atoms with E-state index in [4.69, 9.17) is 18.9 Å². The quantitative estimate of drug-likeness (QED) is 0.289. The number of ether oxygens (including phenoxy) is 4. The first-order valence-electron chi connectivity index (χ1n) is 15.3. The molecule has 8 rings (SSSR count). The van der Waals surface area contributed by atoms with E-state index in [1.54, 1.807) is 7.11 Å². The van der Waals surface area contributed by atoms with Crippen LogP contribution in [0.15, 0.2) is 6.07 Å². The second-order valence-electron chi connectivity index (χ2n) is 13.3. The molecule has 7 atom stereocenters. The molecule has 2 aromatic carbocycles. The number of methoxy groups -OCH3 is 1. The smallest absolute Gasteiger partial charge is 0.308 e. The maximum atomic E-state index is 13.0. The fraction of sp³-hybridized carbons (Fsp3) is 0.545. The van der Waals surface area contributed by atoms with Crippen molar-refractivity contribution in [1.29, 1.82) is 5.26 Å². The number of esters is 1. The molecule has 6 unspecified atom stereocenters. The summed E-state index contributed by atoms with van der Waals surface area (Å²) in [5.41, 5.74) is 3.33. The number of aryl methyl sites for hydroxylation is 1. The van der Waals surface area contributed by atoms with Gasteiger partial charge in [-0.05, 0) is 57.2 Å². The molecule has 11 heteroatoms. The largest absolute Gasteiger partial charge is 0.504 e. The zero-order valence-electron chi connectivity index (χ0n) is 25.8. The lowest BCUT2D eigenvalue weighted by atomic mass is 9.71. The van der Waals surface area contributed by atoms with E-state index in [1.807, 2.05) is 27.7 Å². The highest BCUT2D eigenvalue weighted by Gasteiger charge is 3.00. The number of hydrogen-bond acceptors (Lipinski definition) is 10. The van der Waals surface area contributed by atoms with Crippen LogP contribution in [0.3, 0.4) is 0 Å². The molecule has 2 aromatic rings. The van der Waals surface area contributed by atoms with Crippen molar-refractivity contribution in [2.24, 2.45) is 0 Å². The first kappa shape index (κ1) is 27.5. The summed E-state index contributed by atoms with van der Waals surface area (Å²) in [7, 11) is 1.56. The number of benzene rings is 2. The standard InChI is InChI=1S/C33H36N4O7/c1-7-8-22(39)35-13-31(5)24-18(28(44-17(4)38)16(3)29-30(24)43-14-42-29)10-20-25-23-19(9-15(2)27(41-6)26(23)40)32-12-33(32,37(25)32)21(11-34)36(20)31/h9,20-21,25,40H,7-8,10,12-14H2,1-6H3,(H,35,39)/t20?,21-,25?,31?,32?,33?,37?/m0/s1. The lowest BCUT2D eigenvalue weighted by molar-refractivity contribution is -0.132. The van der Waals surface area contributed by atoms with Gasteiger partial charge in [0.15, 0.2) is 23.0 Å². The lowest BCUT2D eigenvalue weighted by Crippen LogP contribution is -2.69. The summed E-state index contributed by atoms with van der Waals surface area (Å²) in [4.78, 5) is 30.1. The molecule has 44 heavy (non-hydrogen) atoms. The first-order valence-corrected chi connectivity index (χ1v) is 15.3. The number of aromatic hydroxyl groups is 1. The second kappa shape index (κ2) is 8.58. The lowest BCUT2D eigenvalue weighted by Gasteiger charge is -2.58. The number of nitrogens with zero attached hydrogens (tertiary/aromatic N) is 3. The highest BCUT2D eigenvalue weighted by atomic mass is 16.7. The molecule has 3 fully saturated rings. The van der Waals surface area contributed by atoms with Gasteiger partial charge in [-0.25, -0.2) is 0 Å². The van der Waals surface area contributed by atoms with E-state index in [0.717, 1.165) is 34.2 Å². The molecule has 2 saturated heterocycles. The van der Waals surface area contributed by atoms with Gasteiger partial charge in [0.05, 0.1) is 35.8 Å². The average Bonchev–Trinajstić information content (AvgIpc) is 3.64. The van der Waals surface area contributed by atoms with Crippen molar-refractivity contribution < 1.29 is 33.6 Å². The van der Waals surface area contributed by atoms with Crippen LogP contribution in [0.2, 0.25) is 0 Å². The number of nitriles is 1. The van der Waals surface area contributed by atoms with E-state index in [9.17, 15) is 20.0 Å². The molecule has 1 saturated carbocycles. The van der Waals surface area contributed by atoms with Crippen molar-refractivity contribution >= 4 is 11.9 Å². The third kappa shape index (κ3) is 2.90. The van der Waals surface area contributed by atoms with Gasteiger partial charge < -0.3 is 29.4 Å². The highest BCUT2D eigenvalue weighted by molar-refractivity contribution is 5.78. The predicted octanol–water partition coefficient (Wildman–Crippen LogP) is 3.34. The van der Waals surface area contributed by atoms with Gasteiger partial charge in [0.25, 0.3) is 0 Å². The van der Waals surface area contributed by atoms with Gasteiger partial charge in [0.1, 0.15) is 11.8 Å². The number of hydrogen-bond donors (Lipinski definition) is 2. The summed E-state index contributed by atoms with van der Waals surface area (Å²) in [6, 6.07) is 3.76. The number of phenols is 1. The molecular weight excluding hydrogens is 564 g/mol. The van der Waals surface area contributed by atoms with E-state index in [-0.39, 0.29) is 48.2 Å². The van der Waals surface area contributed by atoms with Crippen LogP contribution in [-0.2, 0) is 27.1 Å². The van der Waals surface area contributed by atoms with Crippen LogP contribution in [-0.4, -0.2) is 64.9 Å². The van der Waals surface area contributed by atoms with Crippen LogP contribution >= 0.6 is 0 Å². The number of carbonyl (C=O) groups excluding carboxylic acids is 2. The van der Waals surface area contributed by atoms with Gasteiger partial charge in [-0.2, -0.15) is 5.26 Å². The third-order valence-corrected chi connectivity index (χ3v) is 11.2. The Kier molecular flexibility index (Phi) is 5.37. The number of phenolic OH excluding ortho intramolecular Hbond substituents is 1. The topological polar surface area (TPSA) is 133 Å². The fourth-order valence-corrected chi connectivity index (χ4v) is 9.59. The van der Waals surface area contributed by atoms with Crippen molar-refractivity contribution in [3.05, 3.63) is 39.4 Å². The molecule has 0 bridgehead atoms. The number of rotatable bonds is 6. The Labute approximate surface area is 255 Å². The van der Waals surface area contributed by atoms with Crippen LogP contribution in [0.25, 0.3) is 0 Å². The Morgan fingerprint density at radius 1 is 1.25 bits per heavy atom. The average molecular weight is 601 g/mol. The number of piperazine rings is 1. The minimum absolute atomic E-state index is 0.0133. The molecule has 0 aromatic heterocycles. The van der Waals surface area contributed by atoms with Gasteiger partial charge in [-0.3, -0.25) is 19.4 Å². The van der Waals surface area contributed by atoms with E-state index in [2.05, 4.69) is 27.3 Å². The van der Waals surface area contributed by atoms with Crippen LogP contribution in [0, 0.1) is 25.2 Å².